The van der Waals surface area contributed by atoms with E-state index in [1.165, 1.54) is 6.39 Å². The summed E-state index contributed by atoms with van der Waals surface area (Å²) in [6, 6.07) is 0. The molecule has 1 aliphatic heterocycles. The van der Waals surface area contributed by atoms with Crippen LogP contribution in [-0.4, -0.2) is 65.1 Å². The summed E-state index contributed by atoms with van der Waals surface area (Å²) < 4.78 is 5.24. The van der Waals surface area contributed by atoms with Crippen molar-refractivity contribution in [2.45, 2.75) is 51.0 Å². The number of rotatable bonds is 3. The van der Waals surface area contributed by atoms with Crippen LogP contribution in [0.4, 0.5) is 0 Å². The highest BCUT2D eigenvalue weighted by atomic mass is 16.3. The number of piperidine rings is 1. The van der Waals surface area contributed by atoms with Gasteiger partial charge in [-0.05, 0) is 65.0 Å². The minimum atomic E-state index is -0.543. The Balaban J connectivity index is 1.56. The Bertz CT molecular complexity index is 578. The van der Waals surface area contributed by atoms with E-state index in [0.29, 0.717) is 16.9 Å². The molecule has 1 aromatic heterocycles. The zero-order chi connectivity index (χ0) is 17.4. The molecule has 2 heterocycles. The summed E-state index contributed by atoms with van der Waals surface area (Å²) in [6.45, 7) is 4.07. The van der Waals surface area contributed by atoms with E-state index in [-0.39, 0.29) is 5.91 Å². The fraction of sp³-hybridized carbons (Fsp3) is 0.778. The van der Waals surface area contributed by atoms with Crippen LogP contribution < -0.4 is 0 Å². The number of amides is 1. The summed E-state index contributed by atoms with van der Waals surface area (Å²) in [6.07, 6.45) is 7.21. The third-order valence-corrected chi connectivity index (χ3v) is 5.90. The van der Waals surface area contributed by atoms with E-state index in [9.17, 15) is 9.90 Å². The van der Waals surface area contributed by atoms with Crippen LogP contribution in [0.3, 0.4) is 0 Å². The average molecular weight is 335 g/mol. The maximum atomic E-state index is 12.5. The lowest BCUT2D eigenvalue weighted by molar-refractivity contribution is -0.0617. The molecule has 0 bridgehead atoms. The first kappa shape index (κ1) is 17.4. The van der Waals surface area contributed by atoms with Crippen molar-refractivity contribution in [2.24, 2.45) is 5.41 Å². The summed E-state index contributed by atoms with van der Waals surface area (Å²) in [5.41, 5.74) is 0.413. The van der Waals surface area contributed by atoms with Gasteiger partial charge in [0.1, 0.15) is 0 Å². The fourth-order valence-corrected chi connectivity index (χ4v) is 4.33. The van der Waals surface area contributed by atoms with E-state index < -0.39 is 5.60 Å². The zero-order valence-electron chi connectivity index (χ0n) is 15.0. The summed E-state index contributed by atoms with van der Waals surface area (Å²) in [4.78, 5) is 20.5. The molecule has 1 saturated carbocycles. The van der Waals surface area contributed by atoms with E-state index in [1.54, 1.807) is 6.92 Å². The molecule has 1 aliphatic carbocycles. The van der Waals surface area contributed by atoms with Gasteiger partial charge in [-0.3, -0.25) is 4.79 Å². The Labute approximate surface area is 143 Å². The third kappa shape index (κ3) is 3.49. The number of nitrogens with zero attached hydrogens (tertiary/aromatic N) is 3. The fourth-order valence-electron chi connectivity index (χ4n) is 4.33. The van der Waals surface area contributed by atoms with Crippen molar-refractivity contribution in [3.8, 4) is 0 Å². The van der Waals surface area contributed by atoms with Gasteiger partial charge >= 0.3 is 0 Å². The van der Waals surface area contributed by atoms with Gasteiger partial charge in [0.25, 0.3) is 5.91 Å². The van der Waals surface area contributed by atoms with Gasteiger partial charge in [0.15, 0.2) is 6.39 Å². The van der Waals surface area contributed by atoms with E-state index in [4.69, 9.17) is 4.42 Å². The number of hydrogen-bond donors (Lipinski definition) is 1. The van der Waals surface area contributed by atoms with Crippen LogP contribution in [0.2, 0.25) is 0 Å². The molecule has 1 saturated heterocycles. The van der Waals surface area contributed by atoms with Gasteiger partial charge in [-0.25, -0.2) is 4.98 Å². The van der Waals surface area contributed by atoms with E-state index >= 15 is 0 Å². The molecule has 6 nitrogen and oxygen atoms in total. The summed E-state index contributed by atoms with van der Waals surface area (Å²) in [7, 11) is 4.02. The highest BCUT2D eigenvalue weighted by Crippen LogP contribution is 2.47. The topological polar surface area (TPSA) is 69.8 Å². The molecule has 1 N–H and O–H groups in total. The molecular formula is C18H29N3O3. The highest BCUT2D eigenvalue weighted by Gasteiger charge is 2.44. The number of carbonyl (C=O) groups is 1. The second-order valence-corrected chi connectivity index (χ2v) is 8.02. The Morgan fingerprint density at radius 3 is 2.38 bits per heavy atom. The molecule has 1 amide bonds. The number of likely N-dealkylation sites (tertiary alicyclic amines) is 1. The van der Waals surface area contributed by atoms with Gasteiger partial charge in [-0.2, -0.15) is 0 Å². The molecular weight excluding hydrogens is 306 g/mol. The first-order valence-electron chi connectivity index (χ1n) is 8.89. The maximum absolute atomic E-state index is 12.5. The van der Waals surface area contributed by atoms with Crippen molar-refractivity contribution < 1.29 is 14.3 Å². The van der Waals surface area contributed by atoms with E-state index in [0.717, 1.165) is 58.2 Å². The molecule has 2 aliphatic rings. The smallest absolute Gasteiger partial charge is 0.291 e. The molecule has 24 heavy (non-hydrogen) atoms. The van der Waals surface area contributed by atoms with Crippen LogP contribution in [0, 0.1) is 12.3 Å². The molecule has 3 rings (SSSR count). The van der Waals surface area contributed by atoms with E-state index in [2.05, 4.69) is 9.88 Å². The predicted octanol–water partition coefficient (Wildman–Crippen LogP) is 2.07. The van der Waals surface area contributed by atoms with Crippen molar-refractivity contribution in [2.75, 3.05) is 33.7 Å². The van der Waals surface area contributed by atoms with E-state index in [1.807, 2.05) is 19.0 Å². The molecule has 134 valence electrons. The lowest BCUT2D eigenvalue weighted by Crippen LogP contribution is -2.49. The summed E-state index contributed by atoms with van der Waals surface area (Å²) in [5.74, 6) is 0.328. The SMILES string of the molecule is Cc1ncoc1C(=O)N1CCC2(CC1)CCC(O)(CN(C)C)CC2. The van der Waals surface area contributed by atoms with Gasteiger partial charge in [-0.1, -0.05) is 0 Å². The van der Waals surface area contributed by atoms with Crippen LogP contribution in [0.25, 0.3) is 0 Å². The maximum Gasteiger partial charge on any atom is 0.291 e. The predicted molar refractivity (Wildman–Crippen MR) is 90.8 cm³/mol. The van der Waals surface area contributed by atoms with Gasteiger partial charge in [0, 0.05) is 19.6 Å². The molecule has 0 radical (unpaired) electrons. The monoisotopic (exact) mass is 335 g/mol. The molecule has 1 spiro atoms. The first-order valence-corrected chi connectivity index (χ1v) is 8.89. The third-order valence-electron chi connectivity index (χ3n) is 5.90. The zero-order valence-corrected chi connectivity index (χ0v) is 15.0. The van der Waals surface area contributed by atoms with Crippen molar-refractivity contribution in [1.82, 2.24) is 14.8 Å². The molecule has 6 heteroatoms. The standard InChI is InChI=1S/C18H29N3O3/c1-14-15(24-13-19-14)16(22)21-10-8-17(9-11-21)4-6-18(23,7-5-17)12-20(2)3/h13,23H,4-12H2,1-3H3. The number of oxazole rings is 1. The van der Waals surface area contributed by atoms with Crippen molar-refractivity contribution in [3.63, 3.8) is 0 Å². The second kappa shape index (κ2) is 6.48. The highest BCUT2D eigenvalue weighted by molar-refractivity contribution is 5.92. The Hall–Kier alpha value is -1.40. The lowest BCUT2D eigenvalue weighted by atomic mass is 9.64. The Kier molecular flexibility index (Phi) is 4.71. The quantitative estimate of drug-likeness (QED) is 0.916. The van der Waals surface area contributed by atoms with Crippen molar-refractivity contribution in [1.29, 1.82) is 0 Å². The van der Waals surface area contributed by atoms with Crippen molar-refractivity contribution >= 4 is 5.91 Å². The van der Waals surface area contributed by atoms with Crippen LogP contribution in [-0.2, 0) is 0 Å². The van der Waals surface area contributed by atoms with Gasteiger partial charge < -0.3 is 19.3 Å². The minimum Gasteiger partial charge on any atom is -0.438 e. The number of carbonyl (C=O) groups excluding carboxylic acids is 1. The largest absolute Gasteiger partial charge is 0.438 e. The van der Waals surface area contributed by atoms with Crippen LogP contribution >= 0.6 is 0 Å². The summed E-state index contributed by atoms with van der Waals surface area (Å²) >= 11 is 0. The number of aliphatic hydroxyl groups is 1. The number of aryl methyl sites for hydroxylation is 1. The van der Waals surface area contributed by atoms with Crippen LogP contribution in [0.15, 0.2) is 10.8 Å². The number of aromatic nitrogens is 1. The van der Waals surface area contributed by atoms with Gasteiger partial charge in [0.05, 0.1) is 11.3 Å². The van der Waals surface area contributed by atoms with Gasteiger partial charge in [-0.15, -0.1) is 0 Å². The molecule has 0 aromatic carbocycles. The Morgan fingerprint density at radius 2 is 1.88 bits per heavy atom. The first-order chi connectivity index (χ1) is 11.3. The van der Waals surface area contributed by atoms with Crippen molar-refractivity contribution in [3.05, 3.63) is 17.8 Å². The molecule has 2 fully saturated rings. The average Bonchev–Trinajstić information content (AvgIpc) is 2.96. The van der Waals surface area contributed by atoms with Crippen LogP contribution in [0.1, 0.15) is 54.8 Å². The number of hydrogen-bond acceptors (Lipinski definition) is 5. The summed E-state index contributed by atoms with van der Waals surface area (Å²) in [5, 5.41) is 10.7. The second-order valence-electron chi connectivity index (χ2n) is 8.02. The Morgan fingerprint density at radius 1 is 1.25 bits per heavy atom. The van der Waals surface area contributed by atoms with Gasteiger partial charge in [0.2, 0.25) is 5.76 Å². The number of likely N-dealkylation sites (N-methyl/N-ethyl adjacent to an activating group) is 1. The molecule has 0 unspecified atom stereocenters. The minimum absolute atomic E-state index is 0.0419. The molecule has 0 atom stereocenters. The molecule has 1 aromatic rings. The lowest BCUT2D eigenvalue weighted by Gasteiger charge is -2.48. The van der Waals surface area contributed by atoms with Crippen LogP contribution in [0.5, 0.6) is 0 Å². The normalized spacial score (nSPS) is 23.0.